The van der Waals surface area contributed by atoms with E-state index in [0.29, 0.717) is 37.7 Å². The minimum atomic E-state index is -0.377. The molecule has 0 atom stereocenters. The van der Waals surface area contributed by atoms with E-state index in [9.17, 15) is 14.4 Å². The van der Waals surface area contributed by atoms with Crippen LogP contribution < -0.4 is 10.9 Å². The van der Waals surface area contributed by atoms with Crippen molar-refractivity contribution in [3.63, 3.8) is 0 Å². The first-order chi connectivity index (χ1) is 13.5. The predicted octanol–water partition coefficient (Wildman–Crippen LogP) is 2.48. The zero-order chi connectivity index (χ0) is 19.7. The molecule has 1 aromatic carbocycles. The number of piperidine rings is 1. The van der Waals surface area contributed by atoms with Crippen LogP contribution in [0.25, 0.3) is 11.3 Å². The number of aromatic nitrogens is 1. The maximum Gasteiger partial charge on any atom is 0.261 e. The van der Waals surface area contributed by atoms with Crippen molar-refractivity contribution >= 4 is 11.8 Å². The van der Waals surface area contributed by atoms with E-state index >= 15 is 0 Å². The van der Waals surface area contributed by atoms with Crippen molar-refractivity contribution in [3.05, 3.63) is 57.9 Å². The van der Waals surface area contributed by atoms with Gasteiger partial charge in [0.15, 0.2) is 0 Å². The zero-order valence-corrected chi connectivity index (χ0v) is 16.0. The Balaban J connectivity index is 1.42. The number of H-pyrrole nitrogens is 1. The molecule has 6 heteroatoms. The van der Waals surface area contributed by atoms with E-state index in [1.807, 2.05) is 31.2 Å². The van der Waals surface area contributed by atoms with E-state index in [-0.39, 0.29) is 28.9 Å². The number of aromatic amines is 1. The quantitative estimate of drug-likeness (QED) is 0.856. The summed E-state index contributed by atoms with van der Waals surface area (Å²) in [5.74, 6) is -0.195. The van der Waals surface area contributed by atoms with Crippen molar-refractivity contribution in [2.75, 3.05) is 13.1 Å². The van der Waals surface area contributed by atoms with Gasteiger partial charge < -0.3 is 15.2 Å². The van der Waals surface area contributed by atoms with E-state index in [1.54, 1.807) is 17.0 Å². The number of aryl methyl sites for hydroxylation is 1. The lowest BCUT2D eigenvalue weighted by Gasteiger charge is -2.31. The Hall–Kier alpha value is -2.89. The molecule has 2 aromatic rings. The van der Waals surface area contributed by atoms with Crippen molar-refractivity contribution < 1.29 is 9.59 Å². The SMILES string of the molecule is Cc1cccc(-c2ccc(C(=O)N3CCC(C(=O)NC4CC4)CC3)c(=O)[nH]2)c1. The average molecular weight is 379 g/mol. The molecule has 146 valence electrons. The third kappa shape index (κ3) is 4.01. The molecule has 2 amide bonds. The molecule has 1 aliphatic heterocycles. The Kier molecular flexibility index (Phi) is 5.03. The Bertz CT molecular complexity index is 953. The molecule has 1 saturated carbocycles. The normalized spacial score (nSPS) is 17.4. The molecule has 4 rings (SSSR count). The lowest BCUT2D eigenvalue weighted by Crippen LogP contribution is -2.44. The minimum Gasteiger partial charge on any atom is -0.353 e. The van der Waals surface area contributed by atoms with Crippen LogP contribution in [0.4, 0.5) is 0 Å². The Morgan fingerprint density at radius 3 is 2.46 bits per heavy atom. The number of benzene rings is 1. The highest BCUT2D eigenvalue weighted by Crippen LogP contribution is 2.23. The number of hydrogen-bond acceptors (Lipinski definition) is 3. The van der Waals surface area contributed by atoms with Gasteiger partial charge in [0, 0.05) is 30.7 Å². The summed E-state index contributed by atoms with van der Waals surface area (Å²) < 4.78 is 0. The van der Waals surface area contributed by atoms with Gasteiger partial charge in [-0.15, -0.1) is 0 Å². The Labute approximate surface area is 164 Å². The molecule has 2 fully saturated rings. The molecule has 6 nitrogen and oxygen atoms in total. The van der Waals surface area contributed by atoms with Gasteiger partial charge in [0.2, 0.25) is 5.91 Å². The van der Waals surface area contributed by atoms with Gasteiger partial charge >= 0.3 is 0 Å². The second-order valence-electron chi connectivity index (χ2n) is 7.83. The van der Waals surface area contributed by atoms with Gasteiger partial charge in [-0.3, -0.25) is 14.4 Å². The fourth-order valence-corrected chi connectivity index (χ4v) is 3.68. The van der Waals surface area contributed by atoms with Crippen LogP contribution in [0.3, 0.4) is 0 Å². The van der Waals surface area contributed by atoms with Crippen molar-refractivity contribution in [2.45, 2.75) is 38.6 Å². The van der Waals surface area contributed by atoms with E-state index in [1.165, 1.54) is 0 Å². The summed E-state index contributed by atoms with van der Waals surface area (Å²) in [6, 6.07) is 11.6. The summed E-state index contributed by atoms with van der Waals surface area (Å²) in [5, 5.41) is 3.04. The lowest BCUT2D eigenvalue weighted by molar-refractivity contribution is -0.126. The van der Waals surface area contributed by atoms with E-state index in [0.717, 1.165) is 24.0 Å². The van der Waals surface area contributed by atoms with E-state index in [2.05, 4.69) is 10.3 Å². The maximum atomic E-state index is 12.8. The molecule has 2 heterocycles. The number of nitrogens with one attached hydrogen (secondary N) is 2. The molecular weight excluding hydrogens is 354 g/mol. The summed E-state index contributed by atoms with van der Waals surface area (Å²) >= 11 is 0. The van der Waals surface area contributed by atoms with Gasteiger partial charge in [-0.1, -0.05) is 23.8 Å². The van der Waals surface area contributed by atoms with Crippen LogP contribution in [0.2, 0.25) is 0 Å². The Morgan fingerprint density at radius 2 is 1.82 bits per heavy atom. The standard InChI is InChI=1S/C22H25N3O3/c1-14-3-2-4-16(13-14)19-8-7-18(21(27)24-19)22(28)25-11-9-15(10-12-25)20(26)23-17-5-6-17/h2-4,7-8,13,15,17H,5-6,9-12H2,1H3,(H,23,26)(H,24,27). The summed E-state index contributed by atoms with van der Waals surface area (Å²) in [6.45, 7) is 3.00. The monoisotopic (exact) mass is 379 g/mol. The van der Waals surface area contributed by atoms with Crippen LogP contribution in [-0.4, -0.2) is 40.8 Å². The first-order valence-electron chi connectivity index (χ1n) is 9.91. The highest BCUT2D eigenvalue weighted by molar-refractivity contribution is 5.94. The fourth-order valence-electron chi connectivity index (χ4n) is 3.68. The largest absolute Gasteiger partial charge is 0.353 e. The molecule has 0 unspecified atom stereocenters. The van der Waals surface area contributed by atoms with Crippen LogP contribution in [0.5, 0.6) is 0 Å². The zero-order valence-electron chi connectivity index (χ0n) is 16.0. The number of likely N-dealkylation sites (tertiary alicyclic amines) is 1. The van der Waals surface area contributed by atoms with Crippen molar-refractivity contribution in [1.29, 1.82) is 0 Å². The Morgan fingerprint density at radius 1 is 1.07 bits per heavy atom. The van der Waals surface area contributed by atoms with Gasteiger partial charge in [0.05, 0.1) is 0 Å². The number of nitrogens with zero attached hydrogens (tertiary/aromatic N) is 1. The second kappa shape index (κ2) is 7.62. The number of rotatable bonds is 4. The van der Waals surface area contributed by atoms with Crippen LogP contribution in [0.15, 0.2) is 41.2 Å². The van der Waals surface area contributed by atoms with Crippen molar-refractivity contribution in [3.8, 4) is 11.3 Å². The lowest BCUT2D eigenvalue weighted by atomic mass is 9.95. The first kappa shape index (κ1) is 18.5. The van der Waals surface area contributed by atoms with Crippen molar-refractivity contribution in [2.24, 2.45) is 5.92 Å². The first-order valence-corrected chi connectivity index (χ1v) is 9.91. The van der Waals surface area contributed by atoms with Gasteiger partial charge in [-0.05, 0) is 56.4 Å². The van der Waals surface area contributed by atoms with Crippen LogP contribution in [-0.2, 0) is 4.79 Å². The average Bonchev–Trinajstić information content (AvgIpc) is 3.51. The third-order valence-electron chi connectivity index (χ3n) is 5.55. The topological polar surface area (TPSA) is 82.3 Å². The fraction of sp³-hybridized carbons (Fsp3) is 0.409. The van der Waals surface area contributed by atoms with Gasteiger partial charge in [0.25, 0.3) is 11.5 Å². The molecule has 2 aliphatic rings. The molecule has 0 bridgehead atoms. The van der Waals surface area contributed by atoms with Crippen molar-refractivity contribution in [1.82, 2.24) is 15.2 Å². The summed E-state index contributed by atoms with van der Waals surface area (Å²) in [6.07, 6.45) is 3.43. The maximum absolute atomic E-state index is 12.8. The molecule has 2 N–H and O–H groups in total. The number of hydrogen-bond donors (Lipinski definition) is 2. The number of pyridine rings is 1. The van der Waals surface area contributed by atoms with Crippen LogP contribution in [0, 0.1) is 12.8 Å². The highest BCUT2D eigenvalue weighted by Gasteiger charge is 2.31. The smallest absolute Gasteiger partial charge is 0.261 e. The predicted molar refractivity (Wildman–Crippen MR) is 107 cm³/mol. The number of carbonyl (C=O) groups is 2. The molecular formula is C22H25N3O3. The molecule has 1 aromatic heterocycles. The summed E-state index contributed by atoms with van der Waals surface area (Å²) in [5.41, 5.74) is 2.49. The number of carbonyl (C=O) groups excluding carboxylic acids is 2. The minimum absolute atomic E-state index is 0.0355. The van der Waals surface area contributed by atoms with Gasteiger partial charge in [0.1, 0.15) is 5.56 Å². The highest BCUT2D eigenvalue weighted by atomic mass is 16.2. The van der Waals surface area contributed by atoms with E-state index in [4.69, 9.17) is 0 Å². The van der Waals surface area contributed by atoms with Gasteiger partial charge in [-0.2, -0.15) is 0 Å². The number of amides is 2. The van der Waals surface area contributed by atoms with Gasteiger partial charge in [-0.25, -0.2) is 0 Å². The van der Waals surface area contributed by atoms with Crippen LogP contribution in [0.1, 0.15) is 41.6 Å². The summed E-state index contributed by atoms with van der Waals surface area (Å²) in [7, 11) is 0. The summed E-state index contributed by atoms with van der Waals surface area (Å²) in [4.78, 5) is 42.0. The van der Waals surface area contributed by atoms with Crippen LogP contribution >= 0.6 is 0 Å². The molecule has 0 spiro atoms. The molecule has 28 heavy (non-hydrogen) atoms. The molecule has 1 saturated heterocycles. The van der Waals surface area contributed by atoms with E-state index < -0.39 is 0 Å². The molecule has 1 aliphatic carbocycles. The third-order valence-corrected chi connectivity index (χ3v) is 5.55. The molecule has 0 radical (unpaired) electrons. The second-order valence-corrected chi connectivity index (χ2v) is 7.83.